The molecule has 0 saturated heterocycles. The lowest BCUT2D eigenvalue weighted by Gasteiger charge is -2.06. The molecule has 3 nitrogen and oxygen atoms in total. The molecule has 0 atom stereocenters. The summed E-state index contributed by atoms with van der Waals surface area (Å²) in [6, 6.07) is 14.8. The van der Waals surface area contributed by atoms with Crippen LogP contribution in [0.15, 0.2) is 48.5 Å². The lowest BCUT2D eigenvalue weighted by Crippen LogP contribution is -1.88. The fourth-order valence-corrected chi connectivity index (χ4v) is 1.45. The van der Waals surface area contributed by atoms with Gasteiger partial charge in [-0.15, -0.1) is 0 Å². The maximum atomic E-state index is 9.25. The Balaban J connectivity index is 0.000000686. The molecule has 0 spiro atoms. The molecule has 0 fully saturated rings. The Labute approximate surface area is 105 Å². The van der Waals surface area contributed by atoms with E-state index in [1.54, 1.807) is 18.2 Å². The van der Waals surface area contributed by atoms with Gasteiger partial charge in [0.05, 0.1) is 5.02 Å². The van der Waals surface area contributed by atoms with Crippen LogP contribution in [0.2, 0.25) is 5.02 Å². The molecule has 0 radical (unpaired) electrons. The number of phenols is 1. The minimum absolute atomic E-state index is 0.0929. The monoisotopic (exact) mass is 251 g/mol. The number of aliphatic hydroxyl groups is 1. The van der Waals surface area contributed by atoms with Crippen molar-refractivity contribution in [2.75, 3.05) is 12.4 Å². The fraction of sp³-hybridized carbons (Fsp3) is 0.0769. The van der Waals surface area contributed by atoms with Crippen LogP contribution in [-0.2, 0) is 0 Å². The standard InChI is InChI=1S/C12H10ClNO.CH4O/c13-11-8-10(6-7-12(11)15)14-9-4-2-1-3-5-9;1-2/h1-8,14-15H;2H,1H3. The van der Waals surface area contributed by atoms with Crippen LogP contribution in [0.3, 0.4) is 0 Å². The molecule has 90 valence electrons. The maximum Gasteiger partial charge on any atom is 0.134 e. The first-order valence-corrected chi connectivity index (χ1v) is 5.39. The molecule has 17 heavy (non-hydrogen) atoms. The van der Waals surface area contributed by atoms with Gasteiger partial charge in [0.15, 0.2) is 0 Å². The molecule has 2 rings (SSSR count). The number of nitrogens with one attached hydrogen (secondary N) is 1. The number of para-hydroxylation sites is 1. The van der Waals surface area contributed by atoms with E-state index in [1.165, 1.54) is 0 Å². The highest BCUT2D eigenvalue weighted by molar-refractivity contribution is 6.32. The molecule has 2 aromatic rings. The minimum Gasteiger partial charge on any atom is -0.506 e. The van der Waals surface area contributed by atoms with Crippen molar-refractivity contribution in [1.29, 1.82) is 0 Å². The lowest BCUT2D eigenvalue weighted by molar-refractivity contribution is 0.399. The zero-order chi connectivity index (χ0) is 12.7. The van der Waals surface area contributed by atoms with E-state index in [1.807, 2.05) is 30.3 Å². The smallest absolute Gasteiger partial charge is 0.134 e. The summed E-state index contributed by atoms with van der Waals surface area (Å²) in [7, 11) is 1.00. The third-order valence-electron chi connectivity index (χ3n) is 2.01. The number of aliphatic hydroxyl groups excluding tert-OH is 1. The summed E-state index contributed by atoms with van der Waals surface area (Å²) >= 11 is 5.79. The fourth-order valence-electron chi connectivity index (χ4n) is 1.27. The van der Waals surface area contributed by atoms with E-state index >= 15 is 0 Å². The van der Waals surface area contributed by atoms with Crippen LogP contribution in [0.4, 0.5) is 11.4 Å². The number of rotatable bonds is 2. The number of benzene rings is 2. The van der Waals surface area contributed by atoms with Crippen molar-refractivity contribution in [3.63, 3.8) is 0 Å². The Morgan fingerprint density at radius 3 is 2.18 bits per heavy atom. The molecule has 2 aromatic carbocycles. The first kappa shape index (κ1) is 13.4. The van der Waals surface area contributed by atoms with Crippen molar-refractivity contribution in [1.82, 2.24) is 0 Å². The summed E-state index contributed by atoms with van der Waals surface area (Å²) in [6.45, 7) is 0. The minimum atomic E-state index is 0.0929. The van der Waals surface area contributed by atoms with Gasteiger partial charge in [-0.3, -0.25) is 0 Å². The summed E-state index contributed by atoms with van der Waals surface area (Å²) in [6.07, 6.45) is 0. The number of phenolic OH excluding ortho intramolecular Hbond substituents is 1. The molecule has 0 heterocycles. The molecule has 3 N–H and O–H groups in total. The third kappa shape index (κ3) is 3.98. The van der Waals surface area contributed by atoms with Gasteiger partial charge in [-0.25, -0.2) is 0 Å². The van der Waals surface area contributed by atoms with Crippen LogP contribution in [0.1, 0.15) is 0 Å². The molecular weight excluding hydrogens is 238 g/mol. The van der Waals surface area contributed by atoms with E-state index in [2.05, 4.69) is 5.32 Å². The molecule has 0 aliphatic carbocycles. The molecule has 0 aliphatic rings. The molecule has 0 saturated carbocycles. The van der Waals surface area contributed by atoms with Crippen LogP contribution >= 0.6 is 11.6 Å². The number of anilines is 2. The Bertz CT molecular complexity index is 460. The Kier molecular flexibility index (Phi) is 5.33. The zero-order valence-corrected chi connectivity index (χ0v) is 10.1. The summed E-state index contributed by atoms with van der Waals surface area (Å²) in [4.78, 5) is 0. The number of hydrogen-bond acceptors (Lipinski definition) is 3. The summed E-state index contributed by atoms with van der Waals surface area (Å²) in [5.74, 6) is 0.0929. The molecule has 4 heteroatoms. The molecule has 0 aromatic heterocycles. The number of hydrogen-bond donors (Lipinski definition) is 3. The second-order valence-electron chi connectivity index (χ2n) is 3.16. The highest BCUT2D eigenvalue weighted by Gasteiger charge is 1.99. The molecular formula is C13H14ClNO2. The van der Waals surface area contributed by atoms with Crippen molar-refractivity contribution < 1.29 is 10.2 Å². The van der Waals surface area contributed by atoms with Crippen molar-refractivity contribution in [3.05, 3.63) is 53.6 Å². The predicted molar refractivity (Wildman–Crippen MR) is 71.0 cm³/mol. The van der Waals surface area contributed by atoms with Crippen molar-refractivity contribution in [3.8, 4) is 5.75 Å². The van der Waals surface area contributed by atoms with E-state index in [-0.39, 0.29) is 5.75 Å². The Hall–Kier alpha value is -1.71. The van der Waals surface area contributed by atoms with Gasteiger partial charge in [-0.05, 0) is 30.3 Å². The van der Waals surface area contributed by atoms with E-state index in [0.29, 0.717) is 5.02 Å². The van der Waals surface area contributed by atoms with E-state index in [9.17, 15) is 5.11 Å². The van der Waals surface area contributed by atoms with Gasteiger partial charge in [0, 0.05) is 18.5 Å². The Morgan fingerprint density at radius 1 is 0.941 bits per heavy atom. The van der Waals surface area contributed by atoms with Gasteiger partial charge in [0.25, 0.3) is 0 Å². The number of aromatic hydroxyl groups is 1. The van der Waals surface area contributed by atoms with Crippen molar-refractivity contribution >= 4 is 23.0 Å². The van der Waals surface area contributed by atoms with Crippen molar-refractivity contribution in [2.24, 2.45) is 0 Å². The van der Waals surface area contributed by atoms with Gasteiger partial charge < -0.3 is 15.5 Å². The van der Waals surface area contributed by atoms with Gasteiger partial charge in [0.1, 0.15) is 5.75 Å². The largest absolute Gasteiger partial charge is 0.506 e. The summed E-state index contributed by atoms with van der Waals surface area (Å²) in [5, 5.41) is 19.8. The normalized spacial score (nSPS) is 9.12. The molecule has 0 aliphatic heterocycles. The maximum absolute atomic E-state index is 9.25. The van der Waals surface area contributed by atoms with Crippen LogP contribution in [0.25, 0.3) is 0 Å². The topological polar surface area (TPSA) is 52.5 Å². The van der Waals surface area contributed by atoms with E-state index < -0.39 is 0 Å². The molecule has 0 amide bonds. The average molecular weight is 252 g/mol. The average Bonchev–Trinajstić information content (AvgIpc) is 2.38. The highest BCUT2D eigenvalue weighted by Crippen LogP contribution is 2.27. The predicted octanol–water partition coefficient (Wildman–Crippen LogP) is 3.40. The molecule has 0 bridgehead atoms. The van der Waals surface area contributed by atoms with Crippen LogP contribution in [-0.4, -0.2) is 17.3 Å². The second kappa shape index (κ2) is 6.78. The second-order valence-corrected chi connectivity index (χ2v) is 3.56. The van der Waals surface area contributed by atoms with Crippen LogP contribution in [0.5, 0.6) is 5.75 Å². The van der Waals surface area contributed by atoms with Gasteiger partial charge in [0.2, 0.25) is 0 Å². The first-order valence-electron chi connectivity index (χ1n) is 5.01. The number of halogens is 1. The van der Waals surface area contributed by atoms with E-state index in [0.717, 1.165) is 18.5 Å². The van der Waals surface area contributed by atoms with Crippen LogP contribution in [0, 0.1) is 0 Å². The van der Waals surface area contributed by atoms with Gasteiger partial charge in [-0.1, -0.05) is 29.8 Å². The van der Waals surface area contributed by atoms with Gasteiger partial charge in [-0.2, -0.15) is 0 Å². The lowest BCUT2D eigenvalue weighted by atomic mass is 10.2. The summed E-state index contributed by atoms with van der Waals surface area (Å²) in [5.41, 5.74) is 1.84. The quantitative estimate of drug-likeness (QED) is 0.717. The third-order valence-corrected chi connectivity index (χ3v) is 2.31. The SMILES string of the molecule is CO.Oc1ccc(Nc2ccccc2)cc1Cl. The first-order chi connectivity index (χ1) is 8.25. The summed E-state index contributed by atoms with van der Waals surface area (Å²) < 4.78 is 0. The Morgan fingerprint density at radius 2 is 1.59 bits per heavy atom. The molecule has 0 unspecified atom stereocenters. The van der Waals surface area contributed by atoms with Crippen LogP contribution < -0.4 is 5.32 Å². The van der Waals surface area contributed by atoms with E-state index in [4.69, 9.17) is 16.7 Å². The zero-order valence-electron chi connectivity index (χ0n) is 9.39. The van der Waals surface area contributed by atoms with Crippen molar-refractivity contribution in [2.45, 2.75) is 0 Å². The highest BCUT2D eigenvalue weighted by atomic mass is 35.5. The van der Waals surface area contributed by atoms with Gasteiger partial charge >= 0.3 is 0 Å².